The second-order valence-electron chi connectivity index (χ2n) is 7.96. The van der Waals surface area contributed by atoms with Crippen LogP contribution in [0.4, 0.5) is 16.2 Å². The Kier molecular flexibility index (Phi) is 7.38. The van der Waals surface area contributed by atoms with Gasteiger partial charge in [-0.15, -0.1) is 0 Å². The van der Waals surface area contributed by atoms with Gasteiger partial charge in [0, 0.05) is 59.1 Å². The van der Waals surface area contributed by atoms with Gasteiger partial charge in [0.1, 0.15) is 23.0 Å². The van der Waals surface area contributed by atoms with Gasteiger partial charge in [0.25, 0.3) is 0 Å². The van der Waals surface area contributed by atoms with Gasteiger partial charge in [0.2, 0.25) is 0 Å². The minimum atomic E-state index is -0.150. The third-order valence-corrected chi connectivity index (χ3v) is 5.84. The normalized spacial score (nSPS) is 19.5. The zero-order valence-electron chi connectivity index (χ0n) is 18.9. The Balaban J connectivity index is 0.00000259. The van der Waals surface area contributed by atoms with Gasteiger partial charge < -0.3 is 24.0 Å². The van der Waals surface area contributed by atoms with Crippen molar-refractivity contribution in [1.82, 2.24) is 9.88 Å². The Bertz CT molecular complexity index is 1050. The molecule has 1 fully saturated rings. The number of methoxy groups -OCH3 is 2. The predicted octanol–water partition coefficient (Wildman–Crippen LogP) is 2.69. The summed E-state index contributed by atoms with van der Waals surface area (Å²) in [6, 6.07) is 7.44. The Morgan fingerprint density at radius 2 is 1.82 bits per heavy atom. The first-order valence-corrected chi connectivity index (χ1v) is 10.7. The zero-order valence-corrected chi connectivity index (χ0v) is 23.1. The fraction of sp³-hybridized carbons (Fsp3) is 0.391. The number of aromatic nitrogens is 1. The summed E-state index contributed by atoms with van der Waals surface area (Å²) >= 11 is 0. The van der Waals surface area contributed by atoms with Gasteiger partial charge in [-0.2, -0.15) is 0 Å². The molecule has 0 N–H and O–H groups in total. The first kappa shape index (κ1) is 24.1. The average molecular weight is 669 g/mol. The SMILES string of the molecule is COc1cc(CN2C(=O)N3[CH-]C(C)N=C3c3ncc(N4CCOCC4)cc32)cc(OC)c1.[Th]. The molecule has 10 heteroatoms. The summed E-state index contributed by atoms with van der Waals surface area (Å²) in [6.07, 6.45) is 1.86. The molecule has 0 radical (unpaired) electrons. The van der Waals surface area contributed by atoms with Crippen molar-refractivity contribution in [1.29, 1.82) is 0 Å². The number of ether oxygens (including phenoxy) is 3. The van der Waals surface area contributed by atoms with Crippen LogP contribution >= 0.6 is 0 Å². The molecule has 2 aromatic rings. The summed E-state index contributed by atoms with van der Waals surface area (Å²) in [4.78, 5) is 28.5. The van der Waals surface area contributed by atoms with Crippen LogP contribution in [-0.2, 0) is 11.3 Å². The van der Waals surface area contributed by atoms with E-state index in [1.807, 2.05) is 43.9 Å². The topological polar surface area (TPSA) is 79.7 Å². The van der Waals surface area contributed by atoms with Crippen LogP contribution in [0.3, 0.4) is 0 Å². The molecule has 5 rings (SSSR count). The number of carbonyl (C=O) groups excluding carboxylic acids is 1. The largest absolute Gasteiger partial charge is 0.497 e. The van der Waals surface area contributed by atoms with E-state index in [1.165, 1.54) is 0 Å². The van der Waals surface area contributed by atoms with Crippen molar-refractivity contribution in [3.8, 4) is 11.5 Å². The molecule has 0 spiro atoms. The van der Waals surface area contributed by atoms with Gasteiger partial charge >= 0.3 is 6.03 Å². The summed E-state index contributed by atoms with van der Waals surface area (Å²) in [5.41, 5.74) is 3.32. The molecule has 2 amide bonds. The molecule has 0 aliphatic carbocycles. The van der Waals surface area contributed by atoms with Gasteiger partial charge in [-0.05, 0) is 23.8 Å². The molecule has 1 unspecified atom stereocenters. The Morgan fingerprint density at radius 3 is 2.48 bits per heavy atom. The quantitative estimate of drug-likeness (QED) is 0.457. The standard InChI is InChI=1S/C23H26N5O4.Th/c1-15-13-28-22(25-15)21-20(10-17(12-24-21)26-4-6-32-7-5-26)27(23(28)29)14-16-8-18(30-2)11-19(9-16)31-3;/h8-13,15H,4-7,14H2,1-3H3;/q-1;. The Hall–Kier alpha value is -2.01. The maximum Gasteiger partial charge on any atom is 0.300 e. The number of rotatable bonds is 5. The third kappa shape index (κ3) is 4.66. The number of pyridine rings is 1. The maximum atomic E-state index is 13.5. The van der Waals surface area contributed by atoms with Gasteiger partial charge in [-0.1, -0.05) is 13.0 Å². The van der Waals surface area contributed by atoms with E-state index in [2.05, 4.69) is 9.89 Å². The minimum Gasteiger partial charge on any atom is -0.497 e. The summed E-state index contributed by atoms with van der Waals surface area (Å²) < 4.78 is 16.3. The van der Waals surface area contributed by atoms with Crippen molar-refractivity contribution >= 4 is 23.2 Å². The van der Waals surface area contributed by atoms with E-state index in [0.717, 1.165) is 30.0 Å². The molecule has 1 atom stereocenters. The zero-order chi connectivity index (χ0) is 22.2. The minimum absolute atomic E-state index is 0. The third-order valence-electron chi connectivity index (χ3n) is 5.84. The average Bonchev–Trinajstić information content (AvgIpc) is 3.23. The van der Waals surface area contributed by atoms with E-state index in [1.54, 1.807) is 24.0 Å². The number of aliphatic imine (C=N–C) groups is 1. The molecule has 172 valence electrons. The van der Waals surface area contributed by atoms with Crippen molar-refractivity contribution in [2.75, 3.05) is 50.3 Å². The van der Waals surface area contributed by atoms with E-state index in [9.17, 15) is 4.79 Å². The first-order chi connectivity index (χ1) is 15.6. The van der Waals surface area contributed by atoms with Crippen LogP contribution < -0.4 is 19.3 Å². The maximum absolute atomic E-state index is 13.5. The van der Waals surface area contributed by atoms with Crippen molar-refractivity contribution in [2.45, 2.75) is 19.5 Å². The van der Waals surface area contributed by atoms with Crippen LogP contribution in [-0.4, -0.2) is 68.3 Å². The van der Waals surface area contributed by atoms with Crippen molar-refractivity contribution in [2.24, 2.45) is 4.99 Å². The number of morpholine rings is 1. The number of nitrogens with zero attached hydrogens (tertiary/aromatic N) is 5. The Morgan fingerprint density at radius 1 is 1.12 bits per heavy atom. The van der Waals surface area contributed by atoms with Gasteiger partial charge in [0.15, 0.2) is 0 Å². The van der Waals surface area contributed by atoms with Crippen LogP contribution in [0.25, 0.3) is 0 Å². The van der Waals surface area contributed by atoms with Gasteiger partial charge in [-0.25, -0.2) is 11.5 Å². The second-order valence-corrected chi connectivity index (χ2v) is 7.96. The van der Waals surface area contributed by atoms with Crippen LogP contribution in [0.2, 0.25) is 0 Å². The second kappa shape index (κ2) is 10.1. The first-order valence-electron chi connectivity index (χ1n) is 10.7. The number of urea groups is 1. The predicted molar refractivity (Wildman–Crippen MR) is 121 cm³/mol. The molecule has 0 bridgehead atoms. The fourth-order valence-corrected chi connectivity index (χ4v) is 4.25. The molecular weight excluding hydrogens is 642 g/mol. The molecule has 1 aromatic heterocycles. The fourth-order valence-electron chi connectivity index (χ4n) is 4.25. The number of carbonyl (C=O) groups is 1. The number of amides is 2. The van der Waals surface area contributed by atoms with Gasteiger partial charge in [-0.3, -0.25) is 14.7 Å². The van der Waals surface area contributed by atoms with Crippen LogP contribution in [0, 0.1) is 46.5 Å². The monoisotopic (exact) mass is 668 g/mol. The van der Waals surface area contributed by atoms with E-state index < -0.39 is 0 Å². The van der Waals surface area contributed by atoms with Crippen LogP contribution in [0.15, 0.2) is 35.5 Å². The molecular formula is C23H26N5O4Th-. The summed E-state index contributed by atoms with van der Waals surface area (Å²) in [7, 11) is 3.23. The van der Waals surface area contributed by atoms with Gasteiger partial charge in [0.05, 0.1) is 51.5 Å². The van der Waals surface area contributed by atoms with E-state index >= 15 is 0 Å². The van der Waals surface area contributed by atoms with E-state index in [4.69, 9.17) is 19.2 Å². The van der Waals surface area contributed by atoms with Crippen molar-refractivity contribution < 1.29 is 58.9 Å². The molecule has 3 aliphatic rings. The molecule has 3 aliphatic heterocycles. The Labute approximate surface area is 225 Å². The number of anilines is 2. The number of hydrogen-bond donors (Lipinski definition) is 0. The smallest absolute Gasteiger partial charge is 0.300 e. The number of amidine groups is 1. The summed E-state index contributed by atoms with van der Waals surface area (Å²) in [5.74, 6) is 1.95. The number of fused-ring (bicyclic) bond motifs is 3. The molecule has 9 nitrogen and oxygen atoms in total. The molecule has 4 heterocycles. The molecule has 1 aromatic carbocycles. The molecule has 1 saturated heterocycles. The molecule has 33 heavy (non-hydrogen) atoms. The van der Waals surface area contributed by atoms with Crippen LogP contribution in [0.5, 0.6) is 11.5 Å². The number of benzene rings is 1. The summed E-state index contributed by atoms with van der Waals surface area (Å²) in [6.45, 7) is 7.07. The molecule has 0 saturated carbocycles. The van der Waals surface area contributed by atoms with E-state index in [0.29, 0.717) is 42.8 Å². The summed E-state index contributed by atoms with van der Waals surface area (Å²) in [5, 5.41) is 0. The van der Waals surface area contributed by atoms with Crippen molar-refractivity contribution in [3.63, 3.8) is 0 Å². The van der Waals surface area contributed by atoms with Crippen LogP contribution in [0.1, 0.15) is 18.2 Å². The van der Waals surface area contributed by atoms with E-state index in [-0.39, 0.29) is 52.0 Å². The van der Waals surface area contributed by atoms with Crippen molar-refractivity contribution in [3.05, 3.63) is 48.3 Å². The number of hydrogen-bond acceptors (Lipinski definition) is 7.